The van der Waals surface area contributed by atoms with Gasteiger partial charge in [0.2, 0.25) is 0 Å². The molecule has 0 aliphatic rings. The molecule has 0 radical (unpaired) electrons. The predicted octanol–water partition coefficient (Wildman–Crippen LogP) is 3.26. The summed E-state index contributed by atoms with van der Waals surface area (Å²) in [6, 6.07) is 9.44. The maximum Gasteiger partial charge on any atom is 0.255 e. The van der Waals surface area contributed by atoms with Crippen molar-refractivity contribution >= 4 is 22.5 Å². The molecule has 5 nitrogen and oxygen atoms in total. The number of nitrogens with zero attached hydrogens (tertiary/aromatic N) is 3. The second-order valence-corrected chi connectivity index (χ2v) is 5.15. The van der Waals surface area contributed by atoms with Gasteiger partial charge in [0.15, 0.2) is 0 Å². The van der Waals surface area contributed by atoms with E-state index in [4.69, 9.17) is 0 Å². The number of rotatable bonds is 3. The Kier molecular flexibility index (Phi) is 3.39. The van der Waals surface area contributed by atoms with E-state index in [2.05, 4.69) is 29.2 Å². The number of hydrogen-bond acceptors (Lipinski definition) is 3. The second-order valence-electron chi connectivity index (χ2n) is 5.15. The summed E-state index contributed by atoms with van der Waals surface area (Å²) in [6.45, 7) is 4.16. The maximum absolute atomic E-state index is 12.1. The third-order valence-electron chi connectivity index (χ3n) is 3.29. The highest BCUT2D eigenvalue weighted by atomic mass is 16.1. The van der Waals surface area contributed by atoms with Gasteiger partial charge in [-0.2, -0.15) is 5.10 Å². The van der Waals surface area contributed by atoms with Gasteiger partial charge >= 0.3 is 0 Å². The summed E-state index contributed by atoms with van der Waals surface area (Å²) in [5.41, 5.74) is 2.35. The molecular weight excluding hydrogens is 264 g/mol. The number of hydrogen-bond donors (Lipinski definition) is 1. The summed E-state index contributed by atoms with van der Waals surface area (Å²) < 4.78 is 1.94. The molecule has 0 aliphatic carbocycles. The predicted molar refractivity (Wildman–Crippen MR) is 82.3 cm³/mol. The van der Waals surface area contributed by atoms with E-state index in [-0.39, 0.29) is 11.9 Å². The fourth-order valence-corrected chi connectivity index (χ4v) is 2.23. The van der Waals surface area contributed by atoms with Gasteiger partial charge in [0.25, 0.3) is 5.91 Å². The number of carbonyl (C=O) groups is 1. The van der Waals surface area contributed by atoms with Crippen LogP contribution in [-0.2, 0) is 0 Å². The van der Waals surface area contributed by atoms with Gasteiger partial charge in [-0.1, -0.05) is 0 Å². The summed E-state index contributed by atoms with van der Waals surface area (Å²) in [5, 5.41) is 8.33. The molecule has 0 unspecified atom stereocenters. The largest absolute Gasteiger partial charge is 0.322 e. The Morgan fingerprint density at radius 3 is 2.67 bits per heavy atom. The van der Waals surface area contributed by atoms with Crippen LogP contribution in [0.3, 0.4) is 0 Å². The Morgan fingerprint density at radius 2 is 1.95 bits per heavy atom. The van der Waals surface area contributed by atoms with Crippen LogP contribution in [0, 0.1) is 0 Å². The molecule has 3 aromatic rings. The van der Waals surface area contributed by atoms with Crippen LogP contribution in [-0.4, -0.2) is 20.7 Å². The first-order valence-electron chi connectivity index (χ1n) is 6.84. The Bertz CT molecular complexity index is 777. The normalized spacial score (nSPS) is 11.0. The fourth-order valence-electron chi connectivity index (χ4n) is 2.23. The van der Waals surface area contributed by atoms with Crippen molar-refractivity contribution in [2.45, 2.75) is 19.9 Å². The molecule has 1 aromatic carbocycles. The summed E-state index contributed by atoms with van der Waals surface area (Å²) in [6.07, 6.45) is 5.04. The van der Waals surface area contributed by atoms with Crippen molar-refractivity contribution in [3.63, 3.8) is 0 Å². The van der Waals surface area contributed by atoms with E-state index in [9.17, 15) is 4.79 Å². The zero-order chi connectivity index (χ0) is 14.8. The fraction of sp³-hybridized carbons (Fsp3) is 0.188. The number of pyridine rings is 1. The maximum atomic E-state index is 12.1. The topological polar surface area (TPSA) is 59.8 Å². The van der Waals surface area contributed by atoms with E-state index < -0.39 is 0 Å². The van der Waals surface area contributed by atoms with Crippen LogP contribution in [0.4, 0.5) is 5.69 Å². The Labute approximate surface area is 122 Å². The molecule has 21 heavy (non-hydrogen) atoms. The molecule has 0 aliphatic heterocycles. The molecular formula is C16H16N4O. The van der Waals surface area contributed by atoms with Gasteiger partial charge in [-0.05, 0) is 44.2 Å². The molecule has 0 saturated heterocycles. The second kappa shape index (κ2) is 5.36. The van der Waals surface area contributed by atoms with E-state index in [1.54, 1.807) is 24.5 Å². The molecule has 3 rings (SSSR count). The first-order chi connectivity index (χ1) is 10.1. The summed E-state index contributed by atoms with van der Waals surface area (Å²) >= 11 is 0. The van der Waals surface area contributed by atoms with Crippen molar-refractivity contribution in [1.82, 2.24) is 14.8 Å². The van der Waals surface area contributed by atoms with E-state index in [1.165, 1.54) is 0 Å². The van der Waals surface area contributed by atoms with Gasteiger partial charge < -0.3 is 5.32 Å². The third kappa shape index (κ3) is 2.63. The van der Waals surface area contributed by atoms with Crippen LogP contribution in [0.2, 0.25) is 0 Å². The minimum atomic E-state index is -0.146. The lowest BCUT2D eigenvalue weighted by Gasteiger charge is -2.09. The molecule has 5 heteroatoms. The summed E-state index contributed by atoms with van der Waals surface area (Å²) in [4.78, 5) is 16.1. The highest BCUT2D eigenvalue weighted by Crippen LogP contribution is 2.22. The van der Waals surface area contributed by atoms with Crippen LogP contribution < -0.4 is 5.32 Å². The highest BCUT2D eigenvalue weighted by Gasteiger charge is 2.09. The first kappa shape index (κ1) is 13.3. The monoisotopic (exact) mass is 280 g/mol. The Balaban J connectivity index is 1.91. The quantitative estimate of drug-likeness (QED) is 0.801. The average molecular weight is 280 g/mol. The van der Waals surface area contributed by atoms with Crippen molar-refractivity contribution in [3.05, 3.63) is 54.5 Å². The Morgan fingerprint density at radius 1 is 1.19 bits per heavy atom. The minimum absolute atomic E-state index is 0.146. The third-order valence-corrected chi connectivity index (χ3v) is 3.29. The van der Waals surface area contributed by atoms with Crippen molar-refractivity contribution in [3.8, 4) is 0 Å². The zero-order valence-corrected chi connectivity index (χ0v) is 11.9. The summed E-state index contributed by atoms with van der Waals surface area (Å²) in [5.74, 6) is -0.146. The highest BCUT2D eigenvalue weighted by molar-refractivity contribution is 6.04. The molecule has 0 spiro atoms. The number of benzene rings is 1. The van der Waals surface area contributed by atoms with Crippen LogP contribution in [0.15, 0.2) is 48.9 Å². The smallest absolute Gasteiger partial charge is 0.255 e. The van der Waals surface area contributed by atoms with Gasteiger partial charge in [-0.25, -0.2) is 0 Å². The van der Waals surface area contributed by atoms with Gasteiger partial charge in [0.05, 0.1) is 11.7 Å². The molecule has 2 aromatic heterocycles. The lowest BCUT2D eigenvalue weighted by molar-refractivity contribution is 0.102. The molecule has 2 heterocycles. The van der Waals surface area contributed by atoms with Gasteiger partial charge in [-0.3, -0.25) is 14.5 Å². The minimum Gasteiger partial charge on any atom is -0.322 e. The van der Waals surface area contributed by atoms with Crippen molar-refractivity contribution in [2.75, 3.05) is 5.32 Å². The van der Waals surface area contributed by atoms with Gasteiger partial charge in [0, 0.05) is 35.1 Å². The van der Waals surface area contributed by atoms with Gasteiger partial charge in [0.1, 0.15) is 0 Å². The molecule has 0 fully saturated rings. The van der Waals surface area contributed by atoms with E-state index in [0.29, 0.717) is 5.56 Å². The van der Waals surface area contributed by atoms with E-state index >= 15 is 0 Å². The molecule has 0 atom stereocenters. The lowest BCUT2D eigenvalue weighted by atomic mass is 10.2. The van der Waals surface area contributed by atoms with Crippen molar-refractivity contribution in [1.29, 1.82) is 0 Å². The van der Waals surface area contributed by atoms with E-state index in [0.717, 1.165) is 16.6 Å². The molecule has 106 valence electrons. The van der Waals surface area contributed by atoms with Crippen molar-refractivity contribution < 1.29 is 4.79 Å². The first-order valence-corrected chi connectivity index (χ1v) is 6.84. The van der Waals surface area contributed by atoms with Crippen LogP contribution in [0.25, 0.3) is 10.9 Å². The average Bonchev–Trinajstić information content (AvgIpc) is 2.91. The number of anilines is 1. The number of fused-ring (bicyclic) bond motifs is 1. The molecule has 1 N–H and O–H groups in total. The number of amides is 1. The van der Waals surface area contributed by atoms with Crippen LogP contribution >= 0.6 is 0 Å². The van der Waals surface area contributed by atoms with E-state index in [1.807, 2.05) is 29.1 Å². The number of aromatic nitrogens is 3. The molecule has 0 bridgehead atoms. The lowest BCUT2D eigenvalue weighted by Crippen LogP contribution is -2.12. The number of carbonyl (C=O) groups excluding carboxylic acids is 1. The SMILES string of the molecule is CC(C)n1ncc2ccc(NC(=O)c3ccncc3)cc21. The van der Waals surface area contributed by atoms with Crippen molar-refractivity contribution in [2.24, 2.45) is 0 Å². The number of nitrogens with one attached hydrogen (secondary N) is 1. The molecule has 0 saturated carbocycles. The molecule has 1 amide bonds. The van der Waals surface area contributed by atoms with Gasteiger partial charge in [-0.15, -0.1) is 0 Å². The zero-order valence-electron chi connectivity index (χ0n) is 11.9. The summed E-state index contributed by atoms with van der Waals surface area (Å²) in [7, 11) is 0. The van der Waals surface area contributed by atoms with Crippen LogP contribution in [0.1, 0.15) is 30.2 Å². The Hall–Kier alpha value is -2.69. The van der Waals surface area contributed by atoms with Crippen LogP contribution in [0.5, 0.6) is 0 Å². The standard InChI is InChI=1S/C16H16N4O/c1-11(2)20-15-9-14(4-3-13(15)10-18-20)19-16(21)12-5-7-17-8-6-12/h3-11H,1-2H3,(H,19,21).